The molecule has 14 atom stereocenters. The van der Waals surface area contributed by atoms with Crippen LogP contribution in [0, 0.1) is 29.6 Å². The molecule has 1 amide bonds. The number of piperidine rings is 1. The highest BCUT2D eigenvalue weighted by atomic mass is 28.4. The van der Waals surface area contributed by atoms with Gasteiger partial charge in [0.15, 0.2) is 16.6 Å². The number of ketones is 2. The number of nitrogens with zero attached hydrogens (tertiary/aromatic N) is 1. The van der Waals surface area contributed by atoms with Crippen molar-refractivity contribution in [2.75, 3.05) is 27.9 Å². The zero-order valence-electron chi connectivity index (χ0n) is 47.3. The third-order valence-electron chi connectivity index (χ3n) is 17.3. The minimum absolute atomic E-state index is 0.0114. The highest BCUT2D eigenvalue weighted by Crippen LogP contribution is 2.44. The molecule has 71 heavy (non-hydrogen) atoms. The number of amides is 1. The Morgan fingerprint density at radius 3 is 1.96 bits per heavy atom. The molecule has 4 aliphatic rings. The average molecular weight is 1030 g/mol. The van der Waals surface area contributed by atoms with E-state index in [2.05, 4.69) is 93.4 Å². The van der Waals surface area contributed by atoms with Crippen LogP contribution in [0.4, 0.5) is 0 Å². The summed E-state index contributed by atoms with van der Waals surface area (Å²) in [6.45, 7) is 36.1. The lowest BCUT2D eigenvalue weighted by Gasteiger charge is -2.47. The molecule has 13 nitrogen and oxygen atoms in total. The fourth-order valence-corrected chi connectivity index (χ4v) is 13.6. The zero-order chi connectivity index (χ0) is 53.6. The Hall–Kier alpha value is -2.35. The Kier molecular flexibility index (Phi) is 21.5. The third kappa shape index (κ3) is 15.0. The predicted octanol–water partition coefficient (Wildman–Crippen LogP) is 10.7. The quantitative estimate of drug-likeness (QED) is 0.0906. The van der Waals surface area contributed by atoms with Gasteiger partial charge in [0, 0.05) is 52.0 Å². The van der Waals surface area contributed by atoms with Crippen LogP contribution in [0.25, 0.3) is 0 Å². The van der Waals surface area contributed by atoms with Gasteiger partial charge in [-0.3, -0.25) is 14.4 Å². The molecule has 0 aromatic rings. The normalized spacial score (nSPS) is 36.3. The van der Waals surface area contributed by atoms with E-state index in [1.165, 1.54) is 4.90 Å². The lowest BCUT2D eigenvalue weighted by Crippen LogP contribution is -2.64. The lowest BCUT2D eigenvalue weighted by atomic mass is 9.81. The Morgan fingerprint density at radius 1 is 0.817 bits per heavy atom. The van der Waals surface area contributed by atoms with Crippen molar-refractivity contribution in [2.45, 2.75) is 238 Å². The van der Waals surface area contributed by atoms with E-state index in [1.807, 2.05) is 20.8 Å². The zero-order valence-corrected chi connectivity index (χ0v) is 49.3. The summed E-state index contributed by atoms with van der Waals surface area (Å²) in [6, 6.07) is -1.11. The maximum Gasteiger partial charge on any atom is 0.329 e. The monoisotopic (exact) mass is 1030 g/mol. The van der Waals surface area contributed by atoms with Gasteiger partial charge in [0.25, 0.3) is 11.7 Å². The van der Waals surface area contributed by atoms with Gasteiger partial charge >= 0.3 is 5.97 Å². The number of rotatable bonds is 11. The first-order valence-electron chi connectivity index (χ1n) is 26.7. The molecule has 0 aromatic carbocycles. The van der Waals surface area contributed by atoms with E-state index in [0.717, 1.165) is 24.0 Å². The predicted molar refractivity (Wildman–Crippen MR) is 285 cm³/mol. The molecule has 1 saturated carbocycles. The minimum atomic E-state index is -2.56. The number of allylic oxidation sites excluding steroid dienone is 4. The smallest absolute Gasteiger partial charge is 0.329 e. The number of esters is 1. The number of methoxy groups -OCH3 is 3. The van der Waals surface area contributed by atoms with Gasteiger partial charge in [0.1, 0.15) is 24.0 Å². The second kappa shape index (κ2) is 25.0. The first-order chi connectivity index (χ1) is 32.9. The van der Waals surface area contributed by atoms with Crippen LogP contribution in [-0.2, 0) is 51.7 Å². The van der Waals surface area contributed by atoms with Crippen LogP contribution in [0.2, 0.25) is 36.3 Å². The number of cyclic esters (lactones) is 1. The molecule has 3 fully saturated rings. The Morgan fingerprint density at radius 2 is 1.39 bits per heavy atom. The molecule has 0 unspecified atom stereocenters. The summed E-state index contributed by atoms with van der Waals surface area (Å²) >= 11 is 0. The van der Waals surface area contributed by atoms with Crippen LogP contribution >= 0.6 is 0 Å². The van der Waals surface area contributed by atoms with Gasteiger partial charge in [-0.05, 0) is 132 Å². The van der Waals surface area contributed by atoms with Crippen molar-refractivity contribution < 1.29 is 56.8 Å². The van der Waals surface area contributed by atoms with Crippen LogP contribution in [0.3, 0.4) is 0 Å². The van der Waals surface area contributed by atoms with E-state index in [0.29, 0.717) is 38.5 Å². The molecular weight excluding hydrogens is 935 g/mol. The summed E-state index contributed by atoms with van der Waals surface area (Å²) in [4.78, 5) is 60.4. The van der Waals surface area contributed by atoms with Crippen molar-refractivity contribution in [3.63, 3.8) is 0 Å². The van der Waals surface area contributed by atoms with Gasteiger partial charge in [0.2, 0.25) is 5.79 Å². The molecule has 3 aliphatic heterocycles. The number of carbonyl (C=O) groups is 4. The summed E-state index contributed by atoms with van der Waals surface area (Å²) < 4.78 is 45.4. The molecule has 1 aliphatic carbocycles. The molecule has 2 bridgehead atoms. The number of aliphatic hydroxyl groups is 1. The van der Waals surface area contributed by atoms with Gasteiger partial charge in [-0.15, -0.1) is 6.58 Å². The fourth-order valence-electron chi connectivity index (χ4n) is 10.8. The maximum atomic E-state index is 15.0. The van der Waals surface area contributed by atoms with Crippen molar-refractivity contribution in [3.8, 4) is 0 Å². The van der Waals surface area contributed by atoms with Gasteiger partial charge in [0.05, 0.1) is 30.5 Å². The number of carbonyl (C=O) groups excluding carboxylic acids is 4. The van der Waals surface area contributed by atoms with E-state index < -0.39 is 94.4 Å². The molecule has 4 rings (SSSR count). The van der Waals surface area contributed by atoms with Gasteiger partial charge in [-0.25, -0.2) is 4.79 Å². The second-order valence-electron chi connectivity index (χ2n) is 25.0. The number of hydrogen-bond acceptors (Lipinski definition) is 12. The summed E-state index contributed by atoms with van der Waals surface area (Å²) in [5.74, 6) is -6.99. The molecule has 2 saturated heterocycles. The van der Waals surface area contributed by atoms with Crippen LogP contribution in [0.5, 0.6) is 0 Å². The molecule has 0 spiro atoms. The fraction of sp³-hybridized carbons (Fsp3) is 0.821. The molecule has 15 heteroatoms. The van der Waals surface area contributed by atoms with Crippen LogP contribution in [0.15, 0.2) is 36.0 Å². The van der Waals surface area contributed by atoms with Crippen LogP contribution in [0.1, 0.15) is 147 Å². The van der Waals surface area contributed by atoms with Crippen molar-refractivity contribution in [3.05, 3.63) is 36.0 Å². The number of ether oxygens (including phenoxy) is 5. The third-order valence-corrected chi connectivity index (χ3v) is 26.3. The van der Waals surface area contributed by atoms with E-state index in [9.17, 15) is 19.5 Å². The maximum absolute atomic E-state index is 15.0. The number of fused-ring (bicyclic) bond motifs is 3. The summed E-state index contributed by atoms with van der Waals surface area (Å²) in [5.41, 5.74) is 1.83. The Labute approximate surface area is 431 Å². The Bertz CT molecular complexity index is 1900. The second-order valence-corrected chi connectivity index (χ2v) is 34.5. The van der Waals surface area contributed by atoms with Crippen LogP contribution in [-0.4, -0.2) is 133 Å². The van der Waals surface area contributed by atoms with E-state index in [4.69, 9.17) is 32.5 Å². The SMILES string of the molecule is C=CC[C@@H]1/C=C(/C)C[C@H](C)C[C@H](OC)[C@H]2O[C@@](O)(C(=O)C(=O)N3CCCC[C@H]3C(=O)O[C@H](/C(C)=C/[C@@H]3CC[C@@H](O[Si](C)(C)C(C)(C)C)[C@H](OC)C3)[C@H](C)[C@@H](O[Si](C)(C)C(C)(C)C)CC1=O)[C@H](C)C[C@@H]2OC. The molecule has 1 N–H and O–H groups in total. The van der Waals surface area contributed by atoms with Gasteiger partial charge in [-0.1, -0.05) is 86.1 Å². The van der Waals surface area contributed by atoms with Crippen molar-refractivity contribution >= 4 is 40.1 Å². The molecule has 3 heterocycles. The number of Topliss-reactive ketones (excluding diaryl/α,β-unsaturated/α-hetero) is 2. The van der Waals surface area contributed by atoms with Crippen molar-refractivity contribution in [1.82, 2.24) is 4.90 Å². The largest absolute Gasteiger partial charge is 0.456 e. The van der Waals surface area contributed by atoms with E-state index in [1.54, 1.807) is 34.3 Å². The lowest BCUT2D eigenvalue weighted by molar-refractivity contribution is -0.302. The van der Waals surface area contributed by atoms with Gasteiger partial charge < -0.3 is 42.5 Å². The standard InChI is InChI=1S/C56H97NO12Si2/c1-20-23-41-29-35(2)28-36(3)30-47(64-14)50-48(65-15)32-38(5)56(62,67-50)51(59)52(60)57-27-22-21-24-42(57)53(61)66-49(39(6)45(34-43(41)58)69-71(18,19)55(10,11)12)37(4)31-40-25-26-44(46(33-40)63-13)68-70(16,17)54(7,8)9/h20,29,31,36,38-42,44-50,62H,1,21-28,30,32-34H2,2-19H3/b35-29-,37-31+/t36-,38+,39+,40-,41+,42-,44+,45-,46+,47-,48-,49+,50+,56+/m0/s1. The summed E-state index contributed by atoms with van der Waals surface area (Å²) in [5, 5.41) is 12.1. The molecular formula is C56H97NO12Si2. The highest BCUT2D eigenvalue weighted by molar-refractivity contribution is 6.74. The number of hydrogen-bond donors (Lipinski definition) is 1. The first kappa shape index (κ1) is 61.2. The topological polar surface area (TPSA) is 156 Å². The van der Waals surface area contributed by atoms with Crippen molar-refractivity contribution in [2.24, 2.45) is 29.6 Å². The van der Waals surface area contributed by atoms with Gasteiger partial charge in [-0.2, -0.15) is 0 Å². The minimum Gasteiger partial charge on any atom is -0.456 e. The summed E-state index contributed by atoms with van der Waals surface area (Å²) in [7, 11) is 0.207. The average Bonchev–Trinajstić information content (AvgIpc) is 3.28. The highest BCUT2D eigenvalue weighted by Gasteiger charge is 2.57. The van der Waals surface area contributed by atoms with Crippen molar-refractivity contribution in [1.29, 1.82) is 0 Å². The molecule has 406 valence electrons. The van der Waals surface area contributed by atoms with Crippen LogP contribution < -0.4 is 0 Å². The molecule has 0 radical (unpaired) electrons. The summed E-state index contributed by atoms with van der Waals surface area (Å²) in [6.07, 6.45) is 7.96. The first-order valence-corrected chi connectivity index (χ1v) is 32.6. The van der Waals surface area contributed by atoms with E-state index in [-0.39, 0.29) is 65.7 Å². The molecule has 0 aromatic heterocycles. The Balaban J connectivity index is 1.89. The van der Waals surface area contributed by atoms with E-state index >= 15 is 4.79 Å².